The molecule has 0 radical (unpaired) electrons. The van der Waals surface area contributed by atoms with E-state index in [0.717, 1.165) is 49.1 Å². The van der Waals surface area contributed by atoms with E-state index in [-0.39, 0.29) is 10.8 Å². The van der Waals surface area contributed by atoms with Gasteiger partial charge in [-0.3, -0.25) is 4.90 Å². The van der Waals surface area contributed by atoms with Gasteiger partial charge in [0.25, 0.3) is 0 Å². The molecule has 1 N–H and O–H groups in total. The largest absolute Gasteiger partial charge is 0.346 e. The Kier molecular flexibility index (Phi) is 6.68. The summed E-state index contributed by atoms with van der Waals surface area (Å²) in [5.41, 5.74) is 3.37. The van der Waals surface area contributed by atoms with Gasteiger partial charge in [-0.25, -0.2) is 4.39 Å². The van der Waals surface area contributed by atoms with Gasteiger partial charge in [-0.05, 0) is 53.5 Å². The molecule has 1 heterocycles. The molecule has 2 aromatic rings. The smallest absolute Gasteiger partial charge is 0.173 e. The third kappa shape index (κ3) is 5.41. The summed E-state index contributed by atoms with van der Waals surface area (Å²) in [5, 5.41) is 4.28. The monoisotopic (exact) mass is 405 g/mol. The summed E-state index contributed by atoms with van der Waals surface area (Å²) in [6, 6.07) is 13.4. The Morgan fingerprint density at radius 1 is 1.11 bits per heavy atom. The minimum absolute atomic E-state index is 0.181. The van der Waals surface area contributed by atoms with Gasteiger partial charge in [0.15, 0.2) is 5.11 Å². The molecule has 2 aromatic carbocycles. The van der Waals surface area contributed by atoms with Gasteiger partial charge in [0.2, 0.25) is 0 Å². The number of nitrogens with one attached hydrogen (secondary N) is 1. The van der Waals surface area contributed by atoms with Crippen LogP contribution in [0.15, 0.2) is 42.5 Å². The van der Waals surface area contributed by atoms with Gasteiger partial charge in [-0.1, -0.05) is 43.6 Å². The van der Waals surface area contributed by atoms with Crippen molar-refractivity contribution in [2.45, 2.75) is 26.3 Å². The molecule has 0 spiro atoms. The van der Waals surface area contributed by atoms with Crippen LogP contribution in [0.25, 0.3) is 0 Å². The second kappa shape index (κ2) is 9.00. The van der Waals surface area contributed by atoms with E-state index in [4.69, 9.17) is 23.8 Å². The third-order valence-electron chi connectivity index (χ3n) is 4.88. The standard InChI is InChI=1S/C21H25ClFN3S/c1-15(2)17-4-6-18(7-5-17)24-21(27)26-11-9-25(10-12-26)14-16-3-8-20(23)19(22)13-16/h3-8,13,15H,9-12,14H2,1-2H3,(H,24,27). The lowest BCUT2D eigenvalue weighted by Crippen LogP contribution is -2.49. The zero-order valence-electron chi connectivity index (χ0n) is 15.7. The maximum absolute atomic E-state index is 13.3. The second-order valence-corrected chi connectivity index (χ2v) is 8.01. The first-order chi connectivity index (χ1) is 12.9. The Bertz CT molecular complexity index is 787. The lowest BCUT2D eigenvalue weighted by atomic mass is 10.0. The normalized spacial score (nSPS) is 15.2. The quantitative estimate of drug-likeness (QED) is 0.711. The Hall–Kier alpha value is -1.69. The Morgan fingerprint density at radius 2 is 1.78 bits per heavy atom. The molecule has 3 nitrogen and oxygen atoms in total. The predicted octanol–water partition coefficient (Wildman–Crippen LogP) is 5.12. The molecule has 27 heavy (non-hydrogen) atoms. The minimum atomic E-state index is -0.372. The summed E-state index contributed by atoms with van der Waals surface area (Å²) in [5.74, 6) is 0.151. The number of benzene rings is 2. The fraction of sp³-hybridized carbons (Fsp3) is 0.381. The molecule has 0 aliphatic carbocycles. The number of thiocarbonyl (C=S) groups is 1. The van der Waals surface area contributed by atoms with Crippen LogP contribution in [0.5, 0.6) is 0 Å². The minimum Gasteiger partial charge on any atom is -0.346 e. The van der Waals surface area contributed by atoms with E-state index in [1.54, 1.807) is 12.1 Å². The second-order valence-electron chi connectivity index (χ2n) is 7.22. The summed E-state index contributed by atoms with van der Waals surface area (Å²) in [6.07, 6.45) is 0. The van der Waals surface area contributed by atoms with E-state index in [1.807, 2.05) is 0 Å². The first kappa shape index (κ1) is 20.1. The van der Waals surface area contributed by atoms with E-state index in [0.29, 0.717) is 5.92 Å². The molecule has 1 saturated heterocycles. The van der Waals surface area contributed by atoms with Crippen molar-refractivity contribution in [2.24, 2.45) is 0 Å². The van der Waals surface area contributed by atoms with Crippen LogP contribution in [0.1, 0.15) is 30.9 Å². The van der Waals surface area contributed by atoms with Crippen LogP contribution in [0.2, 0.25) is 5.02 Å². The SMILES string of the molecule is CC(C)c1ccc(NC(=S)N2CCN(Cc3ccc(F)c(Cl)c3)CC2)cc1. The number of rotatable bonds is 4. The maximum Gasteiger partial charge on any atom is 0.173 e. The predicted molar refractivity (Wildman–Crippen MR) is 115 cm³/mol. The van der Waals surface area contributed by atoms with E-state index in [1.165, 1.54) is 11.6 Å². The molecule has 0 bridgehead atoms. The maximum atomic E-state index is 13.3. The topological polar surface area (TPSA) is 18.5 Å². The van der Waals surface area contributed by atoms with Crippen LogP contribution in [0, 0.1) is 5.82 Å². The highest BCUT2D eigenvalue weighted by molar-refractivity contribution is 7.80. The average molecular weight is 406 g/mol. The molecule has 0 atom stereocenters. The number of nitrogens with zero attached hydrogens (tertiary/aromatic N) is 2. The van der Waals surface area contributed by atoms with E-state index >= 15 is 0 Å². The van der Waals surface area contributed by atoms with Gasteiger partial charge in [0.05, 0.1) is 5.02 Å². The molecule has 1 aliphatic rings. The lowest BCUT2D eigenvalue weighted by Gasteiger charge is -2.36. The van der Waals surface area contributed by atoms with Gasteiger partial charge < -0.3 is 10.2 Å². The zero-order valence-corrected chi connectivity index (χ0v) is 17.3. The van der Waals surface area contributed by atoms with Gasteiger partial charge >= 0.3 is 0 Å². The summed E-state index contributed by atoms with van der Waals surface area (Å²) < 4.78 is 13.3. The molecular weight excluding hydrogens is 381 g/mol. The van der Waals surface area contributed by atoms with E-state index in [2.05, 4.69) is 53.2 Å². The molecule has 1 aliphatic heterocycles. The van der Waals surface area contributed by atoms with Crippen molar-refractivity contribution >= 4 is 34.6 Å². The van der Waals surface area contributed by atoms with Crippen LogP contribution >= 0.6 is 23.8 Å². The molecule has 0 amide bonds. The number of hydrogen-bond donors (Lipinski definition) is 1. The molecule has 0 unspecified atom stereocenters. The van der Waals surface area contributed by atoms with Crippen LogP contribution in [-0.2, 0) is 6.54 Å². The van der Waals surface area contributed by atoms with Crippen molar-refractivity contribution in [3.63, 3.8) is 0 Å². The third-order valence-corrected chi connectivity index (χ3v) is 5.53. The zero-order chi connectivity index (χ0) is 19.4. The van der Waals surface area contributed by atoms with Gasteiger partial charge in [0.1, 0.15) is 5.82 Å². The van der Waals surface area contributed by atoms with Crippen molar-refractivity contribution in [3.05, 3.63) is 64.4 Å². The Labute approximate surface area is 171 Å². The highest BCUT2D eigenvalue weighted by Gasteiger charge is 2.19. The number of hydrogen-bond acceptors (Lipinski definition) is 2. The number of halogens is 2. The Balaban J connectivity index is 1.49. The highest BCUT2D eigenvalue weighted by atomic mass is 35.5. The van der Waals surface area contributed by atoms with Crippen molar-refractivity contribution in [1.29, 1.82) is 0 Å². The van der Waals surface area contributed by atoms with E-state index in [9.17, 15) is 4.39 Å². The van der Waals surface area contributed by atoms with Crippen LogP contribution in [0.3, 0.4) is 0 Å². The summed E-state index contributed by atoms with van der Waals surface area (Å²) in [6.45, 7) is 8.69. The number of piperazine rings is 1. The van der Waals surface area contributed by atoms with Gasteiger partial charge in [-0.15, -0.1) is 0 Å². The molecule has 1 fully saturated rings. The summed E-state index contributed by atoms with van der Waals surface area (Å²) in [4.78, 5) is 4.53. The Morgan fingerprint density at radius 3 is 2.37 bits per heavy atom. The average Bonchev–Trinajstić information content (AvgIpc) is 2.66. The first-order valence-electron chi connectivity index (χ1n) is 9.24. The van der Waals surface area contributed by atoms with Crippen molar-refractivity contribution < 1.29 is 4.39 Å². The van der Waals surface area contributed by atoms with Crippen LogP contribution < -0.4 is 5.32 Å². The highest BCUT2D eigenvalue weighted by Crippen LogP contribution is 2.19. The lowest BCUT2D eigenvalue weighted by molar-refractivity contribution is 0.177. The van der Waals surface area contributed by atoms with E-state index < -0.39 is 0 Å². The fourth-order valence-corrected chi connectivity index (χ4v) is 3.66. The van der Waals surface area contributed by atoms with Crippen molar-refractivity contribution in [3.8, 4) is 0 Å². The van der Waals surface area contributed by atoms with Crippen LogP contribution in [0.4, 0.5) is 10.1 Å². The van der Waals surface area contributed by atoms with Crippen molar-refractivity contribution in [1.82, 2.24) is 9.80 Å². The molecular formula is C21H25ClFN3S. The first-order valence-corrected chi connectivity index (χ1v) is 10.0. The molecule has 0 aromatic heterocycles. The van der Waals surface area contributed by atoms with Crippen molar-refractivity contribution in [2.75, 3.05) is 31.5 Å². The summed E-state index contributed by atoms with van der Waals surface area (Å²) >= 11 is 11.5. The fourth-order valence-electron chi connectivity index (χ4n) is 3.16. The molecule has 144 valence electrons. The summed E-state index contributed by atoms with van der Waals surface area (Å²) in [7, 11) is 0. The molecule has 3 rings (SSSR count). The number of anilines is 1. The van der Waals surface area contributed by atoms with Gasteiger partial charge in [-0.2, -0.15) is 0 Å². The molecule has 6 heteroatoms. The van der Waals surface area contributed by atoms with Crippen LogP contribution in [-0.4, -0.2) is 41.1 Å². The molecule has 0 saturated carbocycles. The van der Waals surface area contributed by atoms with Gasteiger partial charge in [0, 0.05) is 38.4 Å².